The molecule has 0 bridgehead atoms. The molecule has 0 saturated carbocycles. The van der Waals surface area contributed by atoms with E-state index in [0.717, 1.165) is 0 Å². The monoisotopic (exact) mass is 408 g/mol. The van der Waals surface area contributed by atoms with Crippen LogP contribution >= 0.6 is 12.6 Å². The average Bonchev–Trinajstić information content (AvgIpc) is 2.45. The Labute approximate surface area is 149 Å². The van der Waals surface area contributed by atoms with Gasteiger partial charge in [0.05, 0.1) is 0 Å². The van der Waals surface area contributed by atoms with Gasteiger partial charge in [0, 0.05) is 4.90 Å². The number of rotatable bonds is 8. The summed E-state index contributed by atoms with van der Waals surface area (Å²) >= 11 is 3.56. The normalized spacial score (nSPS) is 11.4. The minimum atomic E-state index is -4.34. The van der Waals surface area contributed by atoms with E-state index in [4.69, 9.17) is 0 Å². The van der Waals surface area contributed by atoms with Crippen LogP contribution in [0.1, 0.15) is 11.1 Å². The highest BCUT2D eigenvalue weighted by Gasteiger charge is 2.76. The lowest BCUT2D eigenvalue weighted by atomic mass is 10.0. The average molecular weight is 408 g/mol. The lowest BCUT2D eigenvalue weighted by Crippen LogP contribution is -2.52. The molecule has 0 aliphatic carbocycles. The first-order chi connectivity index (χ1) is 12.3. The van der Waals surface area contributed by atoms with Gasteiger partial charge in [-0.25, -0.2) is 0 Å². The summed E-state index contributed by atoms with van der Waals surface area (Å²) in [7, 11) is 0. The van der Waals surface area contributed by atoms with Crippen molar-refractivity contribution in [3.05, 3.63) is 90.0 Å². The second-order valence-corrected chi connectivity index (χ2v) is 5.10. The first-order valence-corrected chi connectivity index (χ1v) is 6.44. The lowest BCUT2D eigenvalue weighted by molar-refractivity contribution is -0.987. The zero-order valence-electron chi connectivity index (χ0n) is 12.3. The van der Waals surface area contributed by atoms with E-state index in [-0.39, 0.29) is 6.07 Å². The van der Waals surface area contributed by atoms with Crippen LogP contribution in [0.15, 0.2) is 23.1 Å². The second kappa shape index (κ2) is 6.70. The Hall–Kier alpha value is -4.03. The third-order valence-corrected chi connectivity index (χ3v) is 3.48. The van der Waals surface area contributed by atoms with Crippen molar-refractivity contribution in [1.82, 2.24) is 0 Å². The molecular weight excluding hydrogens is 404 g/mol. The SMILES string of the molecule is O=[N+]([O-])C(c1cc(S)cc(C([N+](=O)[O-])([N+](=O)[O-])[N+](=O)[O-])c1)([N+](=O)[O-])[N+](=O)[O-]. The van der Waals surface area contributed by atoms with Crippen molar-refractivity contribution in [3.63, 3.8) is 0 Å². The molecule has 0 unspecified atom stereocenters. The quantitative estimate of drug-likeness (QED) is 0.255. The van der Waals surface area contributed by atoms with Gasteiger partial charge in [0.15, 0.2) is 40.7 Å². The van der Waals surface area contributed by atoms with Crippen LogP contribution in [0, 0.1) is 60.7 Å². The van der Waals surface area contributed by atoms with Crippen molar-refractivity contribution in [3.8, 4) is 0 Å². The van der Waals surface area contributed by atoms with Crippen LogP contribution < -0.4 is 0 Å². The summed E-state index contributed by atoms with van der Waals surface area (Å²) in [6.07, 6.45) is 0. The minimum absolute atomic E-state index is 0.0947. The molecule has 0 saturated heterocycles. The molecule has 1 rings (SSSR count). The van der Waals surface area contributed by atoms with Crippen LogP contribution in [0.2, 0.25) is 0 Å². The van der Waals surface area contributed by atoms with Crippen LogP contribution in [0.4, 0.5) is 0 Å². The van der Waals surface area contributed by atoms with E-state index in [1.165, 1.54) is 0 Å². The summed E-state index contributed by atoms with van der Waals surface area (Å²) in [5.41, 5.74) is -3.06. The van der Waals surface area contributed by atoms with Crippen LogP contribution in [-0.2, 0) is 11.6 Å². The van der Waals surface area contributed by atoms with Crippen molar-refractivity contribution >= 4 is 12.6 Å². The topological polar surface area (TPSA) is 259 Å². The predicted molar refractivity (Wildman–Crippen MR) is 79.0 cm³/mol. The number of hydrogen-bond donors (Lipinski definition) is 1. The summed E-state index contributed by atoms with van der Waals surface area (Å²) < 4.78 is 0. The van der Waals surface area contributed by atoms with Gasteiger partial charge in [-0.3, -0.25) is 60.7 Å². The molecule has 18 nitrogen and oxygen atoms in total. The fourth-order valence-electron chi connectivity index (χ4n) is 2.03. The Morgan fingerprint density at radius 3 is 0.963 bits per heavy atom. The molecule has 0 aliphatic heterocycles. The molecule has 0 radical (unpaired) electrons. The van der Waals surface area contributed by atoms with Gasteiger partial charge < -0.3 is 0 Å². The van der Waals surface area contributed by atoms with Crippen molar-refractivity contribution in [2.45, 2.75) is 16.5 Å². The molecular formula is C8H4N6O12S. The Balaban J connectivity index is 4.09. The Morgan fingerprint density at radius 1 is 0.556 bits per heavy atom. The highest BCUT2D eigenvalue weighted by Crippen LogP contribution is 2.34. The number of nitro groups is 6. The smallest absolute Gasteiger partial charge is 0.252 e. The van der Waals surface area contributed by atoms with Crippen molar-refractivity contribution in [1.29, 1.82) is 0 Å². The molecule has 1 aromatic rings. The minimum Gasteiger partial charge on any atom is -0.252 e. The zero-order valence-corrected chi connectivity index (χ0v) is 13.2. The number of thiol groups is 1. The third-order valence-electron chi connectivity index (χ3n) is 3.22. The molecule has 0 amide bonds. The maximum atomic E-state index is 11.1. The fourth-order valence-corrected chi connectivity index (χ4v) is 2.31. The molecule has 0 aliphatic rings. The summed E-state index contributed by atoms with van der Waals surface area (Å²) in [5, 5.41) is 66.4. The predicted octanol–water partition coefficient (Wildman–Crippen LogP) is -0.144. The Bertz CT molecular complexity index is 760. The first-order valence-electron chi connectivity index (χ1n) is 5.99. The summed E-state index contributed by atoms with van der Waals surface area (Å²) in [5.74, 6) is -8.69. The number of nitrogens with zero attached hydrogens (tertiary/aromatic N) is 6. The maximum Gasteiger partial charge on any atom is 0.728 e. The molecule has 0 aromatic heterocycles. The summed E-state index contributed by atoms with van der Waals surface area (Å²) in [6.45, 7) is 0. The Morgan fingerprint density at radius 2 is 0.778 bits per heavy atom. The Kier molecular flexibility index (Phi) is 5.22. The third kappa shape index (κ3) is 2.80. The van der Waals surface area contributed by atoms with Gasteiger partial charge >= 0.3 is 11.6 Å². The molecule has 144 valence electrons. The van der Waals surface area contributed by atoms with E-state index in [2.05, 4.69) is 12.6 Å². The molecule has 1 aromatic carbocycles. The molecule has 0 spiro atoms. The van der Waals surface area contributed by atoms with Gasteiger partial charge in [-0.15, -0.1) is 12.6 Å². The summed E-state index contributed by atoms with van der Waals surface area (Å²) in [6, 6.07) is 0.611. The summed E-state index contributed by atoms with van der Waals surface area (Å²) in [4.78, 5) is 53.8. The van der Waals surface area contributed by atoms with Crippen molar-refractivity contribution < 1.29 is 29.5 Å². The van der Waals surface area contributed by atoms with E-state index in [0.29, 0.717) is 12.1 Å². The van der Waals surface area contributed by atoms with Crippen molar-refractivity contribution in [2.24, 2.45) is 0 Å². The van der Waals surface area contributed by atoms with Crippen LogP contribution in [0.3, 0.4) is 0 Å². The van der Waals surface area contributed by atoms with Gasteiger partial charge in [0.1, 0.15) is 0 Å². The first kappa shape index (κ1) is 21.0. The molecule has 0 heterocycles. The van der Waals surface area contributed by atoms with Gasteiger partial charge in [0.2, 0.25) is 0 Å². The standard InChI is InChI=1S/C8H4N6O12S/c15-9(16)7(10(17)18,11(19)20)4-1-5(3-6(27)2-4)8(12(21)22,13(23)24)14(25)26/h1-3,27H. The van der Waals surface area contributed by atoms with Crippen LogP contribution in [-0.4, -0.2) is 29.5 Å². The maximum absolute atomic E-state index is 11.1. The molecule has 0 atom stereocenters. The largest absolute Gasteiger partial charge is 0.728 e. The highest BCUT2D eigenvalue weighted by molar-refractivity contribution is 7.80. The fraction of sp³-hybridized carbons (Fsp3) is 0.250. The lowest BCUT2D eigenvalue weighted by Gasteiger charge is -2.12. The van der Waals surface area contributed by atoms with E-state index in [1.807, 2.05) is 0 Å². The van der Waals surface area contributed by atoms with Gasteiger partial charge in [0.25, 0.3) is 0 Å². The van der Waals surface area contributed by atoms with Gasteiger partial charge in [-0.05, 0) is 18.2 Å². The highest BCUT2D eigenvalue weighted by atomic mass is 32.1. The van der Waals surface area contributed by atoms with Crippen molar-refractivity contribution in [2.75, 3.05) is 0 Å². The number of hydrogen-bond acceptors (Lipinski definition) is 13. The van der Waals surface area contributed by atoms with Crippen LogP contribution in [0.5, 0.6) is 0 Å². The van der Waals surface area contributed by atoms with Gasteiger partial charge in [-0.1, -0.05) is 0 Å². The molecule has 19 heteroatoms. The number of benzene rings is 1. The van der Waals surface area contributed by atoms with E-state index in [1.54, 1.807) is 0 Å². The second-order valence-electron chi connectivity index (χ2n) is 4.58. The van der Waals surface area contributed by atoms with Crippen LogP contribution in [0.25, 0.3) is 0 Å². The zero-order chi connectivity index (χ0) is 21.3. The van der Waals surface area contributed by atoms with E-state index < -0.39 is 57.1 Å². The molecule has 0 N–H and O–H groups in total. The molecule has 27 heavy (non-hydrogen) atoms. The van der Waals surface area contributed by atoms with E-state index >= 15 is 0 Å². The van der Waals surface area contributed by atoms with E-state index in [9.17, 15) is 60.7 Å². The van der Waals surface area contributed by atoms with Gasteiger partial charge in [-0.2, -0.15) is 0 Å². The molecule has 0 fully saturated rings.